The Bertz CT molecular complexity index is 368. The van der Waals surface area contributed by atoms with Crippen molar-refractivity contribution in [1.29, 1.82) is 0 Å². The van der Waals surface area contributed by atoms with Gasteiger partial charge in [0.2, 0.25) is 0 Å². The second-order valence-electron chi connectivity index (χ2n) is 3.25. The fraction of sp³-hybridized carbons (Fsp3) is 0.250. The highest BCUT2D eigenvalue weighted by atomic mass is 16.4. The molecule has 3 heteroatoms. The van der Waals surface area contributed by atoms with E-state index in [1.807, 2.05) is 37.3 Å². The molecule has 0 saturated carbocycles. The minimum atomic E-state index is -0.879. The summed E-state index contributed by atoms with van der Waals surface area (Å²) in [5, 5.41) is 12.0. The van der Waals surface area contributed by atoms with Crippen molar-refractivity contribution in [3.63, 3.8) is 0 Å². The van der Waals surface area contributed by atoms with Gasteiger partial charge in [0.25, 0.3) is 0 Å². The molecule has 80 valence electrons. The number of nitrogens with one attached hydrogen (secondary N) is 1. The number of para-hydroxylation sites is 1. The molecule has 0 atom stereocenters. The zero-order chi connectivity index (χ0) is 11.3. The van der Waals surface area contributed by atoms with Gasteiger partial charge in [-0.1, -0.05) is 25.1 Å². The molecule has 15 heavy (non-hydrogen) atoms. The number of hydrogen-bond acceptors (Lipinski definition) is 2. The average Bonchev–Trinajstić information content (AvgIpc) is 2.26. The van der Waals surface area contributed by atoms with E-state index in [1.54, 1.807) is 6.92 Å². The van der Waals surface area contributed by atoms with Gasteiger partial charge in [0, 0.05) is 11.4 Å². The molecule has 0 spiro atoms. The number of carbonyl (C=O) groups is 1. The lowest BCUT2D eigenvalue weighted by atomic mass is 10.2. The van der Waals surface area contributed by atoms with Gasteiger partial charge in [0.05, 0.1) is 5.57 Å². The Balaban J connectivity index is 2.88. The van der Waals surface area contributed by atoms with Crippen LogP contribution in [0.25, 0.3) is 0 Å². The van der Waals surface area contributed by atoms with Crippen LogP contribution in [0.4, 0.5) is 5.69 Å². The Morgan fingerprint density at radius 2 is 1.93 bits per heavy atom. The Morgan fingerprint density at radius 3 is 2.40 bits per heavy atom. The van der Waals surface area contributed by atoms with Gasteiger partial charge < -0.3 is 10.4 Å². The van der Waals surface area contributed by atoms with Crippen molar-refractivity contribution in [1.82, 2.24) is 0 Å². The Labute approximate surface area is 89.4 Å². The highest BCUT2D eigenvalue weighted by Gasteiger charge is 2.07. The van der Waals surface area contributed by atoms with Gasteiger partial charge in [0.15, 0.2) is 0 Å². The van der Waals surface area contributed by atoms with E-state index in [0.717, 1.165) is 11.4 Å². The van der Waals surface area contributed by atoms with Crippen molar-refractivity contribution >= 4 is 11.7 Å². The van der Waals surface area contributed by atoms with Crippen LogP contribution in [0.2, 0.25) is 0 Å². The van der Waals surface area contributed by atoms with Crippen LogP contribution < -0.4 is 5.32 Å². The molecule has 0 heterocycles. The topological polar surface area (TPSA) is 49.3 Å². The third-order valence-corrected chi connectivity index (χ3v) is 2.20. The molecule has 0 amide bonds. The summed E-state index contributed by atoms with van der Waals surface area (Å²) in [6.07, 6.45) is 0.674. The van der Waals surface area contributed by atoms with E-state index < -0.39 is 5.97 Å². The number of aliphatic carboxylic acids is 1. The Kier molecular flexibility index (Phi) is 3.92. The van der Waals surface area contributed by atoms with Gasteiger partial charge >= 0.3 is 5.97 Å². The van der Waals surface area contributed by atoms with Crippen LogP contribution in [-0.4, -0.2) is 11.1 Å². The molecule has 0 aromatic heterocycles. The molecule has 1 aromatic rings. The predicted octanol–water partition coefficient (Wildman–Crippen LogP) is 2.87. The highest BCUT2D eigenvalue weighted by molar-refractivity contribution is 5.87. The van der Waals surface area contributed by atoms with Crippen LogP contribution in [0.3, 0.4) is 0 Å². The molecule has 0 unspecified atom stereocenters. The van der Waals surface area contributed by atoms with Gasteiger partial charge in [-0.3, -0.25) is 0 Å². The third-order valence-electron chi connectivity index (χ3n) is 2.20. The maximum absolute atomic E-state index is 10.8. The predicted molar refractivity (Wildman–Crippen MR) is 60.7 cm³/mol. The second kappa shape index (κ2) is 5.20. The number of benzene rings is 1. The molecule has 0 saturated heterocycles. The standard InChI is InChI=1S/C12H15NO2/c1-3-11(9(2)12(14)15)13-10-7-5-4-6-8-10/h4-8,13H,3H2,1-2H3,(H,14,15)/b11-9+. The molecule has 3 nitrogen and oxygen atoms in total. The first-order chi connectivity index (χ1) is 7.15. The molecule has 0 bridgehead atoms. The van der Waals surface area contributed by atoms with E-state index in [9.17, 15) is 4.79 Å². The summed E-state index contributed by atoms with van der Waals surface area (Å²) in [4.78, 5) is 10.8. The average molecular weight is 205 g/mol. The van der Waals surface area contributed by atoms with Crippen molar-refractivity contribution in [3.05, 3.63) is 41.6 Å². The van der Waals surface area contributed by atoms with Gasteiger partial charge in [-0.25, -0.2) is 4.79 Å². The van der Waals surface area contributed by atoms with E-state index in [4.69, 9.17) is 5.11 Å². The fourth-order valence-electron chi connectivity index (χ4n) is 1.27. The van der Waals surface area contributed by atoms with Crippen LogP contribution >= 0.6 is 0 Å². The summed E-state index contributed by atoms with van der Waals surface area (Å²) in [6, 6.07) is 9.55. The molecule has 1 rings (SSSR count). The maximum atomic E-state index is 10.8. The van der Waals surface area contributed by atoms with Crippen molar-refractivity contribution in [2.24, 2.45) is 0 Å². The maximum Gasteiger partial charge on any atom is 0.333 e. The smallest absolute Gasteiger partial charge is 0.333 e. The molecule has 0 fully saturated rings. The Morgan fingerprint density at radius 1 is 1.33 bits per heavy atom. The molecule has 2 N–H and O–H groups in total. The Hall–Kier alpha value is -1.77. The quantitative estimate of drug-likeness (QED) is 0.743. The molecule has 0 aliphatic heterocycles. The summed E-state index contributed by atoms with van der Waals surface area (Å²) in [5.41, 5.74) is 2.02. The first kappa shape index (κ1) is 11.3. The molecular weight excluding hydrogens is 190 g/mol. The highest BCUT2D eigenvalue weighted by Crippen LogP contribution is 2.14. The van der Waals surface area contributed by atoms with Gasteiger partial charge in [-0.05, 0) is 25.5 Å². The zero-order valence-corrected chi connectivity index (χ0v) is 8.95. The molecule has 1 aromatic carbocycles. The minimum Gasteiger partial charge on any atom is -0.478 e. The number of allylic oxidation sites excluding steroid dienone is 1. The summed E-state index contributed by atoms with van der Waals surface area (Å²) in [5.74, 6) is -0.879. The summed E-state index contributed by atoms with van der Waals surface area (Å²) in [7, 11) is 0. The minimum absolute atomic E-state index is 0.362. The van der Waals surface area contributed by atoms with E-state index >= 15 is 0 Å². The number of rotatable bonds is 4. The molecular formula is C12H15NO2. The van der Waals surface area contributed by atoms with Crippen LogP contribution in [0, 0.1) is 0 Å². The van der Waals surface area contributed by atoms with Crippen molar-refractivity contribution in [2.45, 2.75) is 20.3 Å². The molecule has 0 aliphatic carbocycles. The van der Waals surface area contributed by atoms with E-state index in [-0.39, 0.29) is 0 Å². The normalized spacial score (nSPS) is 11.9. The SMILES string of the molecule is CC/C(Nc1ccccc1)=C(/C)C(=O)O. The number of hydrogen-bond donors (Lipinski definition) is 2. The van der Waals surface area contributed by atoms with Gasteiger partial charge in [-0.15, -0.1) is 0 Å². The van der Waals surface area contributed by atoms with Crippen molar-refractivity contribution < 1.29 is 9.90 Å². The lowest BCUT2D eigenvalue weighted by molar-refractivity contribution is -0.132. The van der Waals surface area contributed by atoms with Gasteiger partial charge in [-0.2, -0.15) is 0 Å². The van der Waals surface area contributed by atoms with Crippen molar-refractivity contribution in [2.75, 3.05) is 5.32 Å². The van der Waals surface area contributed by atoms with Crippen LogP contribution in [-0.2, 0) is 4.79 Å². The van der Waals surface area contributed by atoms with Crippen LogP contribution in [0.5, 0.6) is 0 Å². The van der Waals surface area contributed by atoms with Crippen molar-refractivity contribution in [3.8, 4) is 0 Å². The number of anilines is 1. The first-order valence-electron chi connectivity index (χ1n) is 4.90. The number of carboxylic acids is 1. The number of carboxylic acid groups (broad SMARTS) is 1. The monoisotopic (exact) mass is 205 g/mol. The largest absolute Gasteiger partial charge is 0.478 e. The third kappa shape index (κ3) is 3.13. The lowest BCUT2D eigenvalue weighted by Crippen LogP contribution is -2.07. The summed E-state index contributed by atoms with van der Waals surface area (Å²) < 4.78 is 0. The van der Waals surface area contributed by atoms with E-state index in [1.165, 1.54) is 0 Å². The zero-order valence-electron chi connectivity index (χ0n) is 8.95. The van der Waals surface area contributed by atoms with Crippen LogP contribution in [0.1, 0.15) is 20.3 Å². The van der Waals surface area contributed by atoms with Gasteiger partial charge in [0.1, 0.15) is 0 Å². The summed E-state index contributed by atoms with van der Waals surface area (Å²) in [6.45, 7) is 3.54. The van der Waals surface area contributed by atoms with E-state index in [2.05, 4.69) is 5.32 Å². The fourth-order valence-corrected chi connectivity index (χ4v) is 1.27. The van der Waals surface area contributed by atoms with E-state index in [0.29, 0.717) is 12.0 Å². The first-order valence-corrected chi connectivity index (χ1v) is 4.90. The molecule has 0 radical (unpaired) electrons. The molecule has 0 aliphatic rings. The van der Waals surface area contributed by atoms with Crippen LogP contribution in [0.15, 0.2) is 41.6 Å². The lowest BCUT2D eigenvalue weighted by Gasteiger charge is -2.10. The second-order valence-corrected chi connectivity index (χ2v) is 3.25. The summed E-state index contributed by atoms with van der Waals surface area (Å²) >= 11 is 0.